The average molecular weight is 149 g/mol. The normalized spacial score (nSPS) is 16.8. The predicted molar refractivity (Wildman–Crippen MR) is 37.6 cm³/mol. The molecule has 0 aromatic heterocycles. The van der Waals surface area contributed by atoms with Gasteiger partial charge >= 0.3 is 0 Å². The lowest BCUT2D eigenvalue weighted by atomic mass is 10.3. The highest BCUT2D eigenvalue weighted by Crippen LogP contribution is 1.78. The van der Waals surface area contributed by atoms with Gasteiger partial charge in [-0.2, -0.15) is 0 Å². The molecule has 0 saturated carbocycles. The molecule has 62 valence electrons. The monoisotopic (exact) mass is 149 g/mol. The number of hydrogen-bond donors (Lipinski definition) is 4. The first-order chi connectivity index (χ1) is 4.66. The summed E-state index contributed by atoms with van der Waals surface area (Å²) in [5.74, 6) is 0. The van der Waals surface area contributed by atoms with Crippen molar-refractivity contribution in [2.24, 2.45) is 0 Å². The lowest BCUT2D eigenvalue weighted by Gasteiger charge is -2.09. The van der Waals surface area contributed by atoms with Crippen molar-refractivity contribution in [1.82, 2.24) is 5.32 Å². The van der Waals surface area contributed by atoms with Gasteiger partial charge in [0.2, 0.25) is 0 Å². The standard InChI is InChI=1S/C6H15NO3/c1-5(9)2-7-3-6(10)4-8/h5-10H,2-4H2,1H3/t5-,6?/m1/s1. The fraction of sp³-hybridized carbons (Fsp3) is 1.00. The van der Waals surface area contributed by atoms with Crippen molar-refractivity contribution in [3.8, 4) is 0 Å². The van der Waals surface area contributed by atoms with E-state index < -0.39 is 12.2 Å². The molecule has 0 heterocycles. The van der Waals surface area contributed by atoms with Crippen LogP contribution < -0.4 is 5.32 Å². The van der Waals surface area contributed by atoms with Gasteiger partial charge in [-0.05, 0) is 6.92 Å². The molecule has 0 rings (SSSR count). The van der Waals surface area contributed by atoms with Gasteiger partial charge in [-0.1, -0.05) is 0 Å². The molecule has 0 spiro atoms. The van der Waals surface area contributed by atoms with Gasteiger partial charge in [0.1, 0.15) is 0 Å². The van der Waals surface area contributed by atoms with Crippen molar-refractivity contribution in [2.45, 2.75) is 19.1 Å². The highest BCUT2D eigenvalue weighted by Gasteiger charge is 2.00. The summed E-state index contributed by atoms with van der Waals surface area (Å²) in [7, 11) is 0. The molecule has 0 aliphatic heterocycles. The van der Waals surface area contributed by atoms with Gasteiger partial charge in [0.25, 0.3) is 0 Å². The van der Waals surface area contributed by atoms with E-state index in [1.807, 2.05) is 0 Å². The number of hydrogen-bond acceptors (Lipinski definition) is 4. The van der Waals surface area contributed by atoms with Crippen LogP contribution in [0, 0.1) is 0 Å². The van der Waals surface area contributed by atoms with Crippen molar-refractivity contribution in [2.75, 3.05) is 19.7 Å². The number of aliphatic hydroxyl groups is 3. The first-order valence-electron chi connectivity index (χ1n) is 3.34. The van der Waals surface area contributed by atoms with Crippen LogP contribution in [0.1, 0.15) is 6.92 Å². The van der Waals surface area contributed by atoms with Crippen molar-refractivity contribution >= 4 is 0 Å². The third-order valence-corrected chi connectivity index (χ3v) is 1.03. The maximum atomic E-state index is 8.78. The highest BCUT2D eigenvalue weighted by molar-refractivity contribution is 4.58. The Kier molecular flexibility index (Phi) is 5.52. The molecule has 4 heteroatoms. The largest absolute Gasteiger partial charge is 0.394 e. The fourth-order valence-corrected chi connectivity index (χ4v) is 0.523. The van der Waals surface area contributed by atoms with E-state index >= 15 is 0 Å². The maximum Gasteiger partial charge on any atom is 0.0894 e. The molecule has 0 fully saturated rings. The van der Waals surface area contributed by atoms with Crippen molar-refractivity contribution in [3.05, 3.63) is 0 Å². The molecule has 0 amide bonds. The van der Waals surface area contributed by atoms with E-state index in [1.54, 1.807) is 6.92 Å². The zero-order valence-corrected chi connectivity index (χ0v) is 6.12. The SMILES string of the molecule is C[C@@H](O)CNCC(O)CO. The molecule has 0 aliphatic rings. The molecule has 0 aliphatic carbocycles. The molecule has 4 nitrogen and oxygen atoms in total. The molecule has 1 unspecified atom stereocenters. The Labute approximate surface area is 60.5 Å². The minimum atomic E-state index is -0.723. The Bertz CT molecular complexity index is 77.4. The van der Waals surface area contributed by atoms with Gasteiger partial charge in [0.05, 0.1) is 18.8 Å². The van der Waals surface area contributed by atoms with E-state index in [2.05, 4.69) is 5.32 Å². The van der Waals surface area contributed by atoms with E-state index in [4.69, 9.17) is 15.3 Å². The maximum absolute atomic E-state index is 8.78. The number of aliphatic hydroxyl groups excluding tert-OH is 3. The van der Waals surface area contributed by atoms with Crippen LogP contribution in [0.15, 0.2) is 0 Å². The number of nitrogens with one attached hydrogen (secondary N) is 1. The Morgan fingerprint density at radius 1 is 1.30 bits per heavy atom. The van der Waals surface area contributed by atoms with Gasteiger partial charge in [-0.3, -0.25) is 0 Å². The van der Waals surface area contributed by atoms with Crippen LogP contribution in [0.5, 0.6) is 0 Å². The lowest BCUT2D eigenvalue weighted by molar-refractivity contribution is 0.0903. The molecule has 4 N–H and O–H groups in total. The Balaban J connectivity index is 3.03. The zero-order valence-electron chi connectivity index (χ0n) is 6.12. The summed E-state index contributed by atoms with van der Waals surface area (Å²) in [4.78, 5) is 0. The molecule has 0 aromatic carbocycles. The average Bonchev–Trinajstić information content (AvgIpc) is 1.87. The molecule has 10 heavy (non-hydrogen) atoms. The van der Waals surface area contributed by atoms with Crippen LogP contribution in [0.4, 0.5) is 0 Å². The van der Waals surface area contributed by atoms with E-state index in [9.17, 15) is 0 Å². The predicted octanol–water partition coefficient (Wildman–Crippen LogP) is -1.69. The van der Waals surface area contributed by atoms with E-state index in [1.165, 1.54) is 0 Å². The van der Waals surface area contributed by atoms with Gasteiger partial charge in [-0.15, -0.1) is 0 Å². The summed E-state index contributed by atoms with van der Waals surface area (Å²) in [6.45, 7) is 2.17. The van der Waals surface area contributed by atoms with Crippen LogP contribution in [0.25, 0.3) is 0 Å². The summed E-state index contributed by atoms with van der Waals surface area (Å²) in [5.41, 5.74) is 0. The van der Waals surface area contributed by atoms with Gasteiger partial charge in [0.15, 0.2) is 0 Å². The van der Waals surface area contributed by atoms with Crippen molar-refractivity contribution in [1.29, 1.82) is 0 Å². The minimum Gasteiger partial charge on any atom is -0.394 e. The molecule has 0 bridgehead atoms. The summed E-state index contributed by atoms with van der Waals surface area (Å²) in [6, 6.07) is 0. The third-order valence-electron chi connectivity index (χ3n) is 1.03. The molecule has 0 radical (unpaired) electrons. The second kappa shape index (κ2) is 5.61. The van der Waals surface area contributed by atoms with Crippen LogP contribution in [0.2, 0.25) is 0 Å². The minimum absolute atomic E-state index is 0.243. The lowest BCUT2D eigenvalue weighted by Crippen LogP contribution is -2.33. The van der Waals surface area contributed by atoms with Gasteiger partial charge in [-0.25, -0.2) is 0 Å². The first-order valence-corrected chi connectivity index (χ1v) is 3.34. The third kappa shape index (κ3) is 5.97. The van der Waals surface area contributed by atoms with Gasteiger partial charge in [0, 0.05) is 13.1 Å². The van der Waals surface area contributed by atoms with Crippen LogP contribution in [0.3, 0.4) is 0 Å². The summed E-state index contributed by atoms with van der Waals surface area (Å²) >= 11 is 0. The molecular weight excluding hydrogens is 134 g/mol. The summed E-state index contributed by atoms with van der Waals surface area (Å²) in [6.07, 6.45) is -1.13. The molecule has 0 saturated heterocycles. The Hall–Kier alpha value is -0.160. The topological polar surface area (TPSA) is 72.7 Å². The van der Waals surface area contributed by atoms with Crippen molar-refractivity contribution in [3.63, 3.8) is 0 Å². The van der Waals surface area contributed by atoms with E-state index in [0.29, 0.717) is 13.1 Å². The summed E-state index contributed by atoms with van der Waals surface area (Å²) in [5, 5.41) is 28.6. The smallest absolute Gasteiger partial charge is 0.0894 e. The van der Waals surface area contributed by atoms with Gasteiger partial charge < -0.3 is 20.6 Å². The zero-order chi connectivity index (χ0) is 7.98. The first kappa shape index (κ1) is 9.84. The second-order valence-corrected chi connectivity index (χ2v) is 2.34. The van der Waals surface area contributed by atoms with Crippen LogP contribution in [-0.2, 0) is 0 Å². The Morgan fingerprint density at radius 2 is 1.90 bits per heavy atom. The second-order valence-electron chi connectivity index (χ2n) is 2.34. The molecular formula is C6H15NO3. The molecule has 0 aromatic rings. The number of rotatable bonds is 5. The van der Waals surface area contributed by atoms with E-state index in [-0.39, 0.29) is 6.61 Å². The highest BCUT2D eigenvalue weighted by atomic mass is 16.3. The summed E-state index contributed by atoms with van der Waals surface area (Å²) < 4.78 is 0. The van der Waals surface area contributed by atoms with Crippen LogP contribution >= 0.6 is 0 Å². The van der Waals surface area contributed by atoms with E-state index in [0.717, 1.165) is 0 Å². The molecule has 2 atom stereocenters. The van der Waals surface area contributed by atoms with Crippen LogP contribution in [-0.4, -0.2) is 47.2 Å². The Morgan fingerprint density at radius 3 is 2.30 bits per heavy atom. The quantitative estimate of drug-likeness (QED) is 0.376. The van der Waals surface area contributed by atoms with Crippen molar-refractivity contribution < 1.29 is 15.3 Å². The fourth-order valence-electron chi connectivity index (χ4n) is 0.523.